The molecule has 1 aromatic rings. The SMILES string of the molecule is Cc1ccc(CN2CCS(=O)NC2=O)cc1. The van der Waals surface area contributed by atoms with Gasteiger partial charge in [0.1, 0.15) is 11.0 Å². The first-order chi connectivity index (χ1) is 7.65. The van der Waals surface area contributed by atoms with Gasteiger partial charge in [-0.3, -0.25) is 4.72 Å². The Labute approximate surface area is 97.2 Å². The number of amides is 2. The first-order valence-corrected chi connectivity index (χ1v) is 6.46. The lowest BCUT2D eigenvalue weighted by molar-refractivity contribution is 0.202. The van der Waals surface area contributed by atoms with Crippen molar-refractivity contribution in [1.82, 2.24) is 9.62 Å². The molecule has 2 amide bonds. The number of nitrogens with zero attached hydrogens (tertiary/aromatic N) is 1. The van der Waals surface area contributed by atoms with Crippen LogP contribution >= 0.6 is 0 Å². The van der Waals surface area contributed by atoms with Crippen LogP contribution in [0.4, 0.5) is 4.79 Å². The third-order valence-electron chi connectivity index (χ3n) is 2.53. The van der Waals surface area contributed by atoms with Crippen molar-refractivity contribution in [2.45, 2.75) is 13.5 Å². The summed E-state index contributed by atoms with van der Waals surface area (Å²) in [6.07, 6.45) is 0. The van der Waals surface area contributed by atoms with E-state index in [4.69, 9.17) is 0 Å². The summed E-state index contributed by atoms with van der Waals surface area (Å²) in [7, 11) is -1.19. The normalized spacial score (nSPS) is 20.7. The van der Waals surface area contributed by atoms with Gasteiger partial charge in [0.15, 0.2) is 0 Å². The lowest BCUT2D eigenvalue weighted by atomic mass is 10.1. The average Bonchev–Trinajstić information content (AvgIpc) is 2.25. The molecule has 0 saturated carbocycles. The Kier molecular flexibility index (Phi) is 3.24. The minimum Gasteiger partial charge on any atom is -0.319 e. The van der Waals surface area contributed by atoms with Crippen LogP contribution in [0.15, 0.2) is 24.3 Å². The molecule has 1 aromatic carbocycles. The van der Waals surface area contributed by atoms with E-state index in [1.165, 1.54) is 5.56 Å². The molecule has 5 heteroatoms. The van der Waals surface area contributed by atoms with Crippen LogP contribution in [0.2, 0.25) is 0 Å². The van der Waals surface area contributed by atoms with Gasteiger partial charge < -0.3 is 4.90 Å². The maximum atomic E-state index is 11.5. The average molecular weight is 238 g/mol. The molecule has 1 N–H and O–H groups in total. The number of urea groups is 1. The maximum Gasteiger partial charge on any atom is 0.329 e. The zero-order valence-electron chi connectivity index (χ0n) is 9.10. The van der Waals surface area contributed by atoms with Gasteiger partial charge in [-0.2, -0.15) is 0 Å². The molecule has 1 aliphatic heterocycles. The van der Waals surface area contributed by atoms with E-state index in [-0.39, 0.29) is 6.03 Å². The second kappa shape index (κ2) is 4.65. The molecule has 16 heavy (non-hydrogen) atoms. The van der Waals surface area contributed by atoms with Crippen LogP contribution < -0.4 is 4.72 Å². The Bertz CT molecular complexity index is 416. The molecule has 0 bridgehead atoms. The van der Waals surface area contributed by atoms with E-state index < -0.39 is 11.0 Å². The molecule has 1 atom stereocenters. The Hall–Kier alpha value is -1.36. The second-order valence-corrected chi connectivity index (χ2v) is 5.17. The number of carbonyl (C=O) groups is 1. The van der Waals surface area contributed by atoms with E-state index in [9.17, 15) is 9.00 Å². The van der Waals surface area contributed by atoms with Crippen LogP contribution in [0.1, 0.15) is 11.1 Å². The number of nitrogens with one attached hydrogen (secondary N) is 1. The van der Waals surface area contributed by atoms with Gasteiger partial charge in [0.25, 0.3) is 0 Å². The third-order valence-corrected chi connectivity index (χ3v) is 3.48. The van der Waals surface area contributed by atoms with Gasteiger partial charge in [-0.25, -0.2) is 9.00 Å². The summed E-state index contributed by atoms with van der Waals surface area (Å²) in [4.78, 5) is 13.2. The van der Waals surface area contributed by atoms with Gasteiger partial charge >= 0.3 is 6.03 Å². The monoisotopic (exact) mass is 238 g/mol. The molecule has 4 nitrogen and oxygen atoms in total. The maximum absolute atomic E-state index is 11.5. The minimum absolute atomic E-state index is 0.245. The fraction of sp³-hybridized carbons (Fsp3) is 0.364. The zero-order valence-corrected chi connectivity index (χ0v) is 9.92. The van der Waals surface area contributed by atoms with Gasteiger partial charge in [-0.05, 0) is 12.5 Å². The van der Waals surface area contributed by atoms with Crippen molar-refractivity contribution in [3.8, 4) is 0 Å². The third kappa shape index (κ3) is 2.61. The van der Waals surface area contributed by atoms with E-state index in [1.54, 1.807) is 4.90 Å². The fourth-order valence-corrected chi connectivity index (χ4v) is 2.38. The van der Waals surface area contributed by atoms with E-state index in [2.05, 4.69) is 4.72 Å². The van der Waals surface area contributed by atoms with Crippen molar-refractivity contribution in [3.63, 3.8) is 0 Å². The van der Waals surface area contributed by atoms with Crippen LogP contribution in [0.5, 0.6) is 0 Å². The van der Waals surface area contributed by atoms with Crippen molar-refractivity contribution in [2.24, 2.45) is 0 Å². The van der Waals surface area contributed by atoms with Crippen LogP contribution in [0.3, 0.4) is 0 Å². The molecule has 1 unspecified atom stereocenters. The smallest absolute Gasteiger partial charge is 0.319 e. The number of rotatable bonds is 2. The molecule has 0 aromatic heterocycles. The fourth-order valence-electron chi connectivity index (χ4n) is 1.57. The topological polar surface area (TPSA) is 49.4 Å². The van der Waals surface area contributed by atoms with E-state index in [0.717, 1.165) is 5.56 Å². The number of carbonyl (C=O) groups excluding carboxylic acids is 1. The summed E-state index contributed by atoms with van der Waals surface area (Å²) >= 11 is 0. The Morgan fingerprint density at radius 1 is 1.38 bits per heavy atom. The first-order valence-electron chi connectivity index (χ1n) is 5.14. The summed E-state index contributed by atoms with van der Waals surface area (Å²) in [6, 6.07) is 7.82. The first kappa shape index (κ1) is 11.1. The molecule has 1 fully saturated rings. The van der Waals surface area contributed by atoms with Crippen molar-refractivity contribution < 1.29 is 9.00 Å². The molecule has 1 heterocycles. The van der Waals surface area contributed by atoms with Crippen LogP contribution in [0, 0.1) is 6.92 Å². The van der Waals surface area contributed by atoms with Gasteiger partial charge in [0.2, 0.25) is 0 Å². The zero-order chi connectivity index (χ0) is 11.5. The van der Waals surface area contributed by atoms with Crippen molar-refractivity contribution >= 4 is 17.0 Å². The quantitative estimate of drug-likeness (QED) is 0.841. The summed E-state index contributed by atoms with van der Waals surface area (Å²) in [5.41, 5.74) is 2.29. The molecular weight excluding hydrogens is 224 g/mol. The molecule has 0 aliphatic carbocycles. The van der Waals surface area contributed by atoms with E-state index in [1.807, 2.05) is 31.2 Å². The van der Waals surface area contributed by atoms with Gasteiger partial charge in [-0.15, -0.1) is 0 Å². The van der Waals surface area contributed by atoms with Crippen LogP contribution in [0.25, 0.3) is 0 Å². The van der Waals surface area contributed by atoms with Gasteiger partial charge in [-0.1, -0.05) is 29.8 Å². The molecule has 0 radical (unpaired) electrons. The van der Waals surface area contributed by atoms with Crippen molar-refractivity contribution in [3.05, 3.63) is 35.4 Å². The predicted molar refractivity (Wildman–Crippen MR) is 63.1 cm³/mol. The summed E-state index contributed by atoms with van der Waals surface area (Å²) in [5.74, 6) is 0.498. The minimum atomic E-state index is -1.19. The molecule has 1 saturated heterocycles. The Morgan fingerprint density at radius 2 is 2.06 bits per heavy atom. The van der Waals surface area contributed by atoms with Crippen molar-refractivity contribution in [1.29, 1.82) is 0 Å². The summed E-state index contributed by atoms with van der Waals surface area (Å²) in [5, 5.41) is 0. The molecular formula is C11H14N2O2S. The van der Waals surface area contributed by atoms with Gasteiger partial charge in [0.05, 0.1) is 5.75 Å². The van der Waals surface area contributed by atoms with Crippen molar-refractivity contribution in [2.75, 3.05) is 12.3 Å². The molecule has 1 aliphatic rings. The Balaban J connectivity index is 2.02. The highest BCUT2D eigenvalue weighted by molar-refractivity contribution is 7.83. The molecule has 86 valence electrons. The highest BCUT2D eigenvalue weighted by atomic mass is 32.2. The highest BCUT2D eigenvalue weighted by Crippen LogP contribution is 2.09. The lowest BCUT2D eigenvalue weighted by Crippen LogP contribution is -2.48. The number of hydrogen-bond donors (Lipinski definition) is 1. The largest absolute Gasteiger partial charge is 0.329 e. The van der Waals surface area contributed by atoms with Crippen LogP contribution in [-0.4, -0.2) is 27.4 Å². The highest BCUT2D eigenvalue weighted by Gasteiger charge is 2.21. The Morgan fingerprint density at radius 3 is 2.69 bits per heavy atom. The lowest BCUT2D eigenvalue weighted by Gasteiger charge is -2.26. The van der Waals surface area contributed by atoms with E-state index >= 15 is 0 Å². The van der Waals surface area contributed by atoms with Gasteiger partial charge in [0, 0.05) is 13.1 Å². The predicted octanol–water partition coefficient (Wildman–Crippen LogP) is 1.18. The summed E-state index contributed by atoms with van der Waals surface area (Å²) in [6.45, 7) is 3.15. The number of hydrogen-bond acceptors (Lipinski definition) is 2. The number of aryl methyl sites for hydroxylation is 1. The van der Waals surface area contributed by atoms with Crippen LogP contribution in [-0.2, 0) is 17.5 Å². The number of benzene rings is 1. The standard InChI is InChI=1S/C11H14N2O2S/c1-9-2-4-10(5-3-9)8-13-6-7-16(15)12-11(13)14/h2-5H,6-8H2,1H3,(H,12,14). The van der Waals surface area contributed by atoms with E-state index in [0.29, 0.717) is 18.8 Å². The molecule has 2 rings (SSSR count). The molecule has 0 spiro atoms. The second-order valence-electron chi connectivity index (χ2n) is 3.86. The summed E-state index contributed by atoms with van der Waals surface area (Å²) < 4.78 is 13.5.